The summed E-state index contributed by atoms with van der Waals surface area (Å²) < 4.78 is 6.21. The number of carbonyl (C=O) groups is 1. The van der Waals surface area contributed by atoms with Gasteiger partial charge in [0.05, 0.1) is 6.61 Å². The Morgan fingerprint density at radius 2 is 1.70 bits per heavy atom. The fourth-order valence-electron chi connectivity index (χ4n) is 3.30. The van der Waals surface area contributed by atoms with Gasteiger partial charge in [-0.3, -0.25) is 4.79 Å². The Hall–Kier alpha value is -1.55. The highest BCUT2D eigenvalue weighted by molar-refractivity contribution is 5.80. The predicted molar refractivity (Wildman–Crippen MR) is 127 cm³/mol. The Kier molecular flexibility index (Phi) is 10.4. The molecule has 0 unspecified atom stereocenters. The summed E-state index contributed by atoms with van der Waals surface area (Å²) in [5, 5.41) is 3.01. The van der Waals surface area contributed by atoms with Crippen LogP contribution in [0.25, 0.3) is 0 Å². The van der Waals surface area contributed by atoms with Crippen LogP contribution in [-0.4, -0.2) is 25.1 Å². The number of rotatable bonds is 13. The van der Waals surface area contributed by atoms with E-state index in [2.05, 4.69) is 84.6 Å². The summed E-state index contributed by atoms with van der Waals surface area (Å²) in [6.07, 6.45) is 4.97. The normalized spacial score (nSPS) is 14.3. The van der Waals surface area contributed by atoms with Gasteiger partial charge < -0.3 is 15.8 Å². The van der Waals surface area contributed by atoms with Crippen molar-refractivity contribution in [3.05, 3.63) is 29.3 Å². The monoisotopic (exact) mass is 419 g/mol. The molecule has 1 rings (SSSR count). The molecule has 1 aromatic carbocycles. The Bertz CT molecular complexity index is 667. The van der Waals surface area contributed by atoms with Crippen LogP contribution in [0.1, 0.15) is 98.6 Å². The van der Waals surface area contributed by atoms with Gasteiger partial charge in [-0.1, -0.05) is 67.5 Å². The highest BCUT2D eigenvalue weighted by atomic mass is 16.5. The van der Waals surface area contributed by atoms with Crippen molar-refractivity contribution in [1.82, 2.24) is 5.32 Å². The molecule has 0 heterocycles. The van der Waals surface area contributed by atoms with E-state index in [1.54, 1.807) is 0 Å². The number of carbonyl (C=O) groups excluding carboxylic acids is 1. The molecule has 0 fully saturated rings. The number of unbranched alkanes of at least 4 members (excludes halogenated alkanes) is 1. The van der Waals surface area contributed by atoms with Crippen molar-refractivity contribution in [3.8, 4) is 5.75 Å². The third kappa shape index (κ3) is 7.30. The molecule has 172 valence electrons. The molecular weight excluding hydrogens is 372 g/mol. The highest BCUT2D eigenvalue weighted by Crippen LogP contribution is 2.38. The second-order valence-corrected chi connectivity index (χ2v) is 10.0. The van der Waals surface area contributed by atoms with E-state index in [1.165, 1.54) is 11.1 Å². The maximum Gasteiger partial charge on any atom is 0.278 e. The van der Waals surface area contributed by atoms with Gasteiger partial charge in [-0.25, -0.2) is 0 Å². The van der Waals surface area contributed by atoms with Gasteiger partial charge in [0.25, 0.3) is 5.91 Å². The van der Waals surface area contributed by atoms with Crippen LogP contribution < -0.4 is 15.8 Å². The molecule has 0 aliphatic heterocycles. The van der Waals surface area contributed by atoms with Gasteiger partial charge in [-0.15, -0.1) is 0 Å². The molecule has 1 amide bonds. The van der Waals surface area contributed by atoms with Crippen molar-refractivity contribution in [2.75, 3.05) is 13.2 Å². The fraction of sp³-hybridized carbons (Fsp3) is 0.731. The van der Waals surface area contributed by atoms with Gasteiger partial charge >= 0.3 is 0 Å². The van der Waals surface area contributed by atoms with Crippen LogP contribution in [-0.2, 0) is 15.6 Å². The minimum atomic E-state index is -0.170. The van der Waals surface area contributed by atoms with Crippen molar-refractivity contribution in [2.45, 2.75) is 104 Å². The molecule has 4 nitrogen and oxygen atoms in total. The number of amides is 1. The molecule has 2 atom stereocenters. The minimum absolute atomic E-state index is 0.0615. The van der Waals surface area contributed by atoms with Crippen LogP contribution in [0.4, 0.5) is 0 Å². The van der Waals surface area contributed by atoms with Gasteiger partial charge in [0.2, 0.25) is 0 Å². The average Bonchev–Trinajstić information content (AvgIpc) is 2.74. The molecule has 30 heavy (non-hydrogen) atoms. The summed E-state index contributed by atoms with van der Waals surface area (Å²) in [5.74, 6) is 1.37. The molecule has 4 N–H and O–H groups in total. The third-order valence-electron chi connectivity index (χ3n) is 7.05. The maximum atomic E-state index is 12.1. The largest absolute Gasteiger partial charge is 0.493 e. The molecule has 0 aliphatic carbocycles. The predicted octanol–water partition coefficient (Wildman–Crippen LogP) is 4.99. The van der Waals surface area contributed by atoms with E-state index in [1.807, 2.05) is 0 Å². The standard InChI is InChI=1S/C26H46N2O2/c1-9-19(4)23(27)24(29)28-16-12-13-17-30-22-15-14-20(25(5,6)10-2)18-21(22)26(7,8)11-3/h14-15,18-19,23H,9-13,16-17,27H2,1-8H3,(H,28,29)/p+1/t19-,23-/m1/s1. The molecule has 4 heteroatoms. The molecular formula is C26H47N2O2+. The van der Waals surface area contributed by atoms with Crippen molar-refractivity contribution >= 4 is 5.91 Å². The number of ether oxygens (including phenoxy) is 1. The Morgan fingerprint density at radius 1 is 1.07 bits per heavy atom. The summed E-state index contributed by atoms with van der Waals surface area (Å²) in [4.78, 5) is 12.1. The molecule has 0 saturated heterocycles. The van der Waals surface area contributed by atoms with Gasteiger partial charge in [0, 0.05) is 18.0 Å². The second kappa shape index (κ2) is 11.7. The average molecular weight is 420 g/mol. The zero-order chi connectivity index (χ0) is 22.9. The van der Waals surface area contributed by atoms with Crippen molar-refractivity contribution in [2.24, 2.45) is 5.92 Å². The third-order valence-corrected chi connectivity index (χ3v) is 7.05. The summed E-state index contributed by atoms with van der Waals surface area (Å²) in [7, 11) is 0. The van der Waals surface area contributed by atoms with Crippen molar-refractivity contribution in [3.63, 3.8) is 0 Å². The van der Waals surface area contributed by atoms with Gasteiger partial charge in [-0.2, -0.15) is 0 Å². The second-order valence-electron chi connectivity index (χ2n) is 10.0. The Labute approximate surface area is 185 Å². The first-order chi connectivity index (χ1) is 14.0. The quantitative estimate of drug-likeness (QED) is 0.442. The van der Waals surface area contributed by atoms with E-state index in [0.29, 0.717) is 19.1 Å². The van der Waals surface area contributed by atoms with Crippen LogP contribution in [0.2, 0.25) is 0 Å². The number of hydrogen-bond acceptors (Lipinski definition) is 2. The molecule has 0 radical (unpaired) electrons. The lowest BCUT2D eigenvalue weighted by Gasteiger charge is -2.30. The first kappa shape index (κ1) is 26.5. The summed E-state index contributed by atoms with van der Waals surface area (Å²) in [5.41, 5.74) is 6.91. The fourth-order valence-corrected chi connectivity index (χ4v) is 3.30. The van der Waals surface area contributed by atoms with Crippen LogP contribution in [0.15, 0.2) is 18.2 Å². The zero-order valence-corrected chi connectivity index (χ0v) is 20.9. The number of benzene rings is 1. The van der Waals surface area contributed by atoms with Gasteiger partial charge in [0.1, 0.15) is 5.75 Å². The summed E-state index contributed by atoms with van der Waals surface area (Å²) >= 11 is 0. The lowest BCUT2D eigenvalue weighted by atomic mass is 9.76. The SMILES string of the molecule is CC[C@@H](C)[C@@H]([NH3+])C(=O)NCCCCOc1ccc(C(C)(C)CC)cc1C(C)(C)CC. The van der Waals surface area contributed by atoms with Crippen LogP contribution in [0.5, 0.6) is 5.75 Å². The first-order valence-electron chi connectivity index (χ1n) is 11.9. The zero-order valence-electron chi connectivity index (χ0n) is 20.9. The number of hydrogen-bond donors (Lipinski definition) is 2. The van der Waals surface area contributed by atoms with Gasteiger partial charge in [0.15, 0.2) is 6.04 Å². The molecule has 0 aliphatic rings. The molecule has 0 spiro atoms. The van der Waals surface area contributed by atoms with E-state index in [4.69, 9.17) is 4.74 Å². The lowest BCUT2D eigenvalue weighted by Crippen LogP contribution is -2.70. The van der Waals surface area contributed by atoms with Crippen molar-refractivity contribution < 1.29 is 15.3 Å². The lowest BCUT2D eigenvalue weighted by molar-refractivity contribution is -0.415. The highest BCUT2D eigenvalue weighted by Gasteiger charge is 2.26. The van der Waals surface area contributed by atoms with Crippen molar-refractivity contribution in [1.29, 1.82) is 0 Å². The van der Waals surface area contributed by atoms with E-state index in [-0.39, 0.29) is 22.8 Å². The smallest absolute Gasteiger partial charge is 0.278 e. The summed E-state index contributed by atoms with van der Waals surface area (Å²) in [6.45, 7) is 19.2. The summed E-state index contributed by atoms with van der Waals surface area (Å²) in [6, 6.07) is 6.56. The van der Waals surface area contributed by atoms with Crippen LogP contribution in [0.3, 0.4) is 0 Å². The molecule has 0 aromatic heterocycles. The van der Waals surface area contributed by atoms with Gasteiger partial charge in [-0.05, 0) is 54.6 Å². The Morgan fingerprint density at radius 3 is 2.27 bits per heavy atom. The topological polar surface area (TPSA) is 66.0 Å². The number of nitrogens with one attached hydrogen (secondary N) is 1. The first-order valence-corrected chi connectivity index (χ1v) is 11.9. The molecule has 1 aromatic rings. The van der Waals surface area contributed by atoms with E-state index in [0.717, 1.165) is 37.9 Å². The van der Waals surface area contributed by atoms with E-state index in [9.17, 15) is 4.79 Å². The van der Waals surface area contributed by atoms with Crippen LogP contribution >= 0.6 is 0 Å². The van der Waals surface area contributed by atoms with Crippen LogP contribution in [0, 0.1) is 5.92 Å². The number of quaternary nitrogens is 1. The minimum Gasteiger partial charge on any atom is -0.493 e. The van der Waals surface area contributed by atoms with E-state index < -0.39 is 0 Å². The molecule has 0 bridgehead atoms. The maximum absolute atomic E-state index is 12.1. The molecule has 0 saturated carbocycles. The Balaban J connectivity index is 2.66. The van der Waals surface area contributed by atoms with E-state index >= 15 is 0 Å².